The number of hydrogen-bond acceptors (Lipinski definition) is 3. The molecule has 21 heavy (non-hydrogen) atoms. The lowest BCUT2D eigenvalue weighted by atomic mass is 10.0. The molecular formula is C17H17FO3. The number of ether oxygens (including phenoxy) is 2. The molecule has 0 spiro atoms. The number of benzene rings is 2. The number of aryl methyl sites for hydroxylation is 1. The molecule has 0 bridgehead atoms. The Kier molecular flexibility index (Phi) is 4.93. The fourth-order valence-electron chi connectivity index (χ4n) is 2.08. The molecule has 2 aromatic carbocycles. The molecule has 0 saturated heterocycles. The average Bonchev–Trinajstić information content (AvgIpc) is 2.53. The fraction of sp³-hybridized carbons (Fsp3) is 0.235. The highest BCUT2D eigenvalue weighted by Crippen LogP contribution is 2.22. The lowest BCUT2D eigenvalue weighted by Gasteiger charge is -2.08. The van der Waals surface area contributed by atoms with Crippen molar-refractivity contribution in [1.29, 1.82) is 0 Å². The van der Waals surface area contributed by atoms with Crippen molar-refractivity contribution in [1.82, 2.24) is 0 Å². The molecule has 0 radical (unpaired) electrons. The third-order valence-corrected chi connectivity index (χ3v) is 3.26. The van der Waals surface area contributed by atoms with Crippen molar-refractivity contribution in [3.63, 3.8) is 0 Å². The first kappa shape index (κ1) is 15.0. The lowest BCUT2D eigenvalue weighted by Crippen LogP contribution is -2.04. The summed E-state index contributed by atoms with van der Waals surface area (Å²) < 4.78 is 23.5. The number of rotatable bonds is 6. The van der Waals surface area contributed by atoms with Crippen LogP contribution in [0.4, 0.5) is 4.39 Å². The van der Waals surface area contributed by atoms with Crippen LogP contribution in [0.3, 0.4) is 0 Å². The van der Waals surface area contributed by atoms with Gasteiger partial charge in [-0.25, -0.2) is 4.39 Å². The van der Waals surface area contributed by atoms with E-state index < -0.39 is 5.82 Å². The van der Waals surface area contributed by atoms with E-state index in [9.17, 15) is 9.18 Å². The van der Waals surface area contributed by atoms with Gasteiger partial charge in [0.2, 0.25) is 0 Å². The lowest BCUT2D eigenvalue weighted by molar-refractivity contribution is 0.0979. The highest BCUT2D eigenvalue weighted by Gasteiger charge is 2.13. The average molecular weight is 288 g/mol. The molecule has 110 valence electrons. The third kappa shape index (κ3) is 3.81. The molecule has 0 unspecified atom stereocenters. The monoisotopic (exact) mass is 288 g/mol. The van der Waals surface area contributed by atoms with Crippen molar-refractivity contribution < 1.29 is 18.7 Å². The second-order valence-corrected chi connectivity index (χ2v) is 4.62. The Balaban J connectivity index is 2.05. The van der Waals surface area contributed by atoms with Crippen molar-refractivity contribution in [3.05, 3.63) is 59.4 Å². The summed E-state index contributed by atoms with van der Waals surface area (Å²) in [4.78, 5) is 12.2. The van der Waals surface area contributed by atoms with Gasteiger partial charge in [-0.2, -0.15) is 0 Å². The quantitative estimate of drug-likeness (QED) is 0.761. The molecule has 0 aliphatic carbocycles. The SMILES string of the molecule is COc1ccc(CCC(=O)c2cc(F)ccc2OC)cc1. The van der Waals surface area contributed by atoms with Crippen LogP contribution in [0.25, 0.3) is 0 Å². The van der Waals surface area contributed by atoms with Gasteiger partial charge in [0.25, 0.3) is 0 Å². The van der Waals surface area contributed by atoms with E-state index in [1.54, 1.807) is 7.11 Å². The van der Waals surface area contributed by atoms with E-state index in [4.69, 9.17) is 9.47 Å². The number of Topliss-reactive ketones (excluding diaryl/α,β-unsaturated/α-hetero) is 1. The molecule has 2 rings (SSSR count). The molecule has 0 amide bonds. The molecule has 0 heterocycles. The molecule has 0 aromatic heterocycles. The number of halogens is 1. The molecule has 2 aromatic rings. The Labute approximate surface area is 123 Å². The van der Waals surface area contributed by atoms with Crippen LogP contribution in [-0.2, 0) is 6.42 Å². The van der Waals surface area contributed by atoms with E-state index in [-0.39, 0.29) is 11.3 Å². The largest absolute Gasteiger partial charge is 0.497 e. The molecule has 0 saturated carbocycles. The summed E-state index contributed by atoms with van der Waals surface area (Å²) in [7, 11) is 3.07. The molecule has 0 N–H and O–H groups in total. The van der Waals surface area contributed by atoms with Gasteiger partial charge in [-0.05, 0) is 42.3 Å². The fourth-order valence-corrected chi connectivity index (χ4v) is 2.08. The van der Waals surface area contributed by atoms with Gasteiger partial charge in [-0.15, -0.1) is 0 Å². The summed E-state index contributed by atoms with van der Waals surface area (Å²) in [6.07, 6.45) is 0.884. The summed E-state index contributed by atoms with van der Waals surface area (Å²) >= 11 is 0. The Bertz CT molecular complexity index is 620. The minimum Gasteiger partial charge on any atom is -0.497 e. The predicted octanol–water partition coefficient (Wildman–Crippen LogP) is 3.66. The van der Waals surface area contributed by atoms with Crippen molar-refractivity contribution >= 4 is 5.78 Å². The first-order valence-electron chi connectivity index (χ1n) is 6.63. The van der Waals surface area contributed by atoms with Crippen LogP contribution in [-0.4, -0.2) is 20.0 Å². The number of carbonyl (C=O) groups excluding carboxylic acids is 1. The van der Waals surface area contributed by atoms with Crippen LogP contribution in [0, 0.1) is 5.82 Å². The van der Waals surface area contributed by atoms with Crippen LogP contribution in [0.5, 0.6) is 11.5 Å². The Hall–Kier alpha value is -2.36. The van der Waals surface area contributed by atoms with Gasteiger partial charge >= 0.3 is 0 Å². The summed E-state index contributed by atoms with van der Waals surface area (Å²) in [5.41, 5.74) is 1.31. The zero-order chi connectivity index (χ0) is 15.2. The summed E-state index contributed by atoms with van der Waals surface area (Å²) in [6, 6.07) is 11.5. The van der Waals surface area contributed by atoms with Crippen LogP contribution in [0.15, 0.2) is 42.5 Å². The molecular weight excluding hydrogens is 271 g/mol. The third-order valence-electron chi connectivity index (χ3n) is 3.26. The standard InChI is InChI=1S/C17H17FO3/c1-20-14-7-3-12(4-8-14)5-9-16(19)15-11-13(18)6-10-17(15)21-2/h3-4,6-8,10-11H,5,9H2,1-2H3. The molecule has 4 heteroatoms. The maximum Gasteiger partial charge on any atom is 0.167 e. The molecule has 0 aliphatic rings. The van der Waals surface area contributed by atoms with Gasteiger partial charge in [0.1, 0.15) is 17.3 Å². The number of methoxy groups -OCH3 is 2. The highest BCUT2D eigenvalue weighted by atomic mass is 19.1. The van der Waals surface area contributed by atoms with Crippen LogP contribution >= 0.6 is 0 Å². The van der Waals surface area contributed by atoms with Gasteiger partial charge in [0.15, 0.2) is 5.78 Å². The first-order valence-corrected chi connectivity index (χ1v) is 6.63. The number of ketones is 1. The van der Waals surface area contributed by atoms with Gasteiger partial charge < -0.3 is 9.47 Å². The highest BCUT2D eigenvalue weighted by molar-refractivity contribution is 5.98. The molecule has 3 nitrogen and oxygen atoms in total. The summed E-state index contributed by atoms with van der Waals surface area (Å²) in [5.74, 6) is 0.596. The van der Waals surface area contributed by atoms with Crippen molar-refractivity contribution in [2.75, 3.05) is 14.2 Å². The van der Waals surface area contributed by atoms with E-state index >= 15 is 0 Å². The zero-order valence-electron chi connectivity index (χ0n) is 12.1. The topological polar surface area (TPSA) is 35.5 Å². The Morgan fingerprint density at radius 1 is 1.05 bits per heavy atom. The summed E-state index contributed by atoms with van der Waals surface area (Å²) in [6.45, 7) is 0. The minimum atomic E-state index is -0.441. The molecule has 0 fully saturated rings. The van der Waals surface area contributed by atoms with E-state index in [0.717, 1.165) is 11.3 Å². The van der Waals surface area contributed by atoms with Crippen molar-refractivity contribution in [2.45, 2.75) is 12.8 Å². The molecule has 0 atom stereocenters. The smallest absolute Gasteiger partial charge is 0.167 e. The van der Waals surface area contributed by atoms with Gasteiger partial charge in [0.05, 0.1) is 19.8 Å². The van der Waals surface area contributed by atoms with Crippen LogP contribution in [0.1, 0.15) is 22.3 Å². The maximum absolute atomic E-state index is 13.3. The van der Waals surface area contributed by atoms with E-state index in [2.05, 4.69) is 0 Å². The summed E-state index contributed by atoms with van der Waals surface area (Å²) in [5, 5.41) is 0. The maximum atomic E-state index is 13.3. The Morgan fingerprint density at radius 3 is 2.38 bits per heavy atom. The van der Waals surface area contributed by atoms with E-state index in [1.165, 1.54) is 25.3 Å². The van der Waals surface area contributed by atoms with Crippen molar-refractivity contribution in [2.24, 2.45) is 0 Å². The second-order valence-electron chi connectivity index (χ2n) is 4.62. The number of hydrogen-bond donors (Lipinski definition) is 0. The number of carbonyl (C=O) groups is 1. The van der Waals surface area contributed by atoms with Gasteiger partial charge in [0, 0.05) is 6.42 Å². The second kappa shape index (κ2) is 6.88. The van der Waals surface area contributed by atoms with Gasteiger partial charge in [-0.3, -0.25) is 4.79 Å². The normalized spacial score (nSPS) is 10.2. The Morgan fingerprint density at radius 2 is 1.76 bits per heavy atom. The van der Waals surface area contributed by atoms with E-state index in [0.29, 0.717) is 18.6 Å². The zero-order valence-corrected chi connectivity index (χ0v) is 12.1. The van der Waals surface area contributed by atoms with Crippen molar-refractivity contribution in [3.8, 4) is 11.5 Å². The predicted molar refractivity (Wildman–Crippen MR) is 78.6 cm³/mol. The first-order chi connectivity index (χ1) is 10.1. The van der Waals surface area contributed by atoms with Gasteiger partial charge in [-0.1, -0.05) is 12.1 Å². The van der Waals surface area contributed by atoms with E-state index in [1.807, 2.05) is 24.3 Å². The van der Waals surface area contributed by atoms with Crippen LogP contribution in [0.2, 0.25) is 0 Å². The minimum absolute atomic E-state index is 0.137. The van der Waals surface area contributed by atoms with Crippen LogP contribution < -0.4 is 9.47 Å². The molecule has 0 aliphatic heterocycles.